The van der Waals surface area contributed by atoms with Crippen molar-refractivity contribution in [3.05, 3.63) is 24.3 Å². The van der Waals surface area contributed by atoms with Crippen LogP contribution in [0, 0.1) is 12.3 Å². The van der Waals surface area contributed by atoms with Crippen molar-refractivity contribution in [3.8, 4) is 18.1 Å². The maximum absolute atomic E-state index is 10.9. The summed E-state index contributed by atoms with van der Waals surface area (Å²) in [7, 11) is 0. The van der Waals surface area contributed by atoms with Crippen LogP contribution in [0.4, 0.5) is 5.69 Å². The summed E-state index contributed by atoms with van der Waals surface area (Å²) in [4.78, 5) is 0. The number of terminal acetylenes is 1. The Hall–Kier alpha value is -1.73. The maximum Gasteiger partial charge on any atom is 0.170 e. The molecule has 0 saturated carbocycles. The Morgan fingerprint density at radius 1 is 1.29 bits per heavy atom. The molecule has 1 aromatic carbocycles. The van der Waals surface area contributed by atoms with Gasteiger partial charge >= 0.3 is 0 Å². The summed E-state index contributed by atoms with van der Waals surface area (Å²) in [5.74, 6) is 2.58. The summed E-state index contributed by atoms with van der Waals surface area (Å²) in [6.07, 6.45) is 7.94. The number of hydrogen-bond acceptors (Lipinski definition) is 2. The molecule has 0 atom stereocenters. The Morgan fingerprint density at radius 3 is 2.65 bits per heavy atom. The third-order valence-electron chi connectivity index (χ3n) is 2.15. The van der Waals surface area contributed by atoms with E-state index in [2.05, 4.69) is 16.6 Å². The largest absolute Gasteiger partial charge is 0.872 e. The van der Waals surface area contributed by atoms with Crippen molar-refractivity contribution in [2.75, 3.05) is 11.9 Å². The topological polar surface area (TPSA) is 47.1 Å². The van der Waals surface area contributed by atoms with Gasteiger partial charge in [-0.05, 0) is 37.2 Å². The fraction of sp³-hybridized carbons (Fsp3) is 0.308. The molecule has 3 nitrogen and oxygen atoms in total. The molecule has 90 valence electrons. The summed E-state index contributed by atoms with van der Waals surface area (Å²) < 4.78 is 0. The normalized spacial score (nSPS) is 9.35. The van der Waals surface area contributed by atoms with Crippen molar-refractivity contribution in [1.29, 1.82) is 0 Å². The van der Waals surface area contributed by atoms with Crippen molar-refractivity contribution in [3.63, 3.8) is 0 Å². The standard InChI is InChI=1S/C13H16N2OS/c1-2-3-4-5-10-14-13(17)15-11-6-8-12(16)9-7-11/h1,6-9,16H,3-5,10H2,(H2,14,15,17)/p-1. The average molecular weight is 247 g/mol. The Bertz CT molecular complexity index is 395. The highest BCUT2D eigenvalue weighted by Gasteiger charge is 1.95. The molecule has 2 N–H and O–H groups in total. The zero-order valence-corrected chi connectivity index (χ0v) is 10.3. The number of anilines is 1. The first-order valence-electron chi connectivity index (χ1n) is 5.48. The van der Waals surface area contributed by atoms with Gasteiger partial charge in [0.2, 0.25) is 0 Å². The molecule has 17 heavy (non-hydrogen) atoms. The van der Waals surface area contributed by atoms with Crippen LogP contribution in [0.1, 0.15) is 19.3 Å². The Balaban J connectivity index is 2.21. The van der Waals surface area contributed by atoms with Gasteiger partial charge in [-0.15, -0.1) is 18.1 Å². The minimum absolute atomic E-state index is 0.0105. The van der Waals surface area contributed by atoms with Gasteiger partial charge in [0.25, 0.3) is 0 Å². The third kappa shape index (κ3) is 5.79. The maximum atomic E-state index is 10.9. The Morgan fingerprint density at radius 2 is 2.00 bits per heavy atom. The van der Waals surface area contributed by atoms with Gasteiger partial charge in [0.05, 0.1) is 0 Å². The molecule has 0 bridgehead atoms. The molecule has 1 rings (SSSR count). The summed E-state index contributed by atoms with van der Waals surface area (Å²) in [5, 5.41) is 17.5. The number of benzene rings is 1. The lowest BCUT2D eigenvalue weighted by molar-refractivity contribution is -0.268. The van der Waals surface area contributed by atoms with Crippen LogP contribution in [0.15, 0.2) is 24.3 Å². The highest BCUT2D eigenvalue weighted by molar-refractivity contribution is 7.80. The highest BCUT2D eigenvalue weighted by atomic mass is 32.1. The second kappa shape index (κ2) is 7.53. The number of thiocarbonyl (C=S) groups is 1. The zero-order chi connectivity index (χ0) is 12.5. The van der Waals surface area contributed by atoms with E-state index in [1.165, 1.54) is 12.1 Å². The smallest absolute Gasteiger partial charge is 0.170 e. The van der Waals surface area contributed by atoms with Crippen LogP contribution in [-0.4, -0.2) is 11.7 Å². The molecule has 0 heterocycles. The molecule has 0 aliphatic carbocycles. The molecule has 0 saturated heterocycles. The van der Waals surface area contributed by atoms with Crippen molar-refractivity contribution in [2.24, 2.45) is 0 Å². The van der Waals surface area contributed by atoms with Crippen LogP contribution in [0.3, 0.4) is 0 Å². The molecular formula is C13H15N2OS-. The van der Waals surface area contributed by atoms with E-state index in [9.17, 15) is 5.11 Å². The molecule has 0 spiro atoms. The second-order valence-corrected chi connectivity index (χ2v) is 3.97. The van der Waals surface area contributed by atoms with Gasteiger partial charge in [-0.3, -0.25) is 0 Å². The number of hydrogen-bond donors (Lipinski definition) is 2. The van der Waals surface area contributed by atoms with E-state index in [0.717, 1.165) is 31.5 Å². The summed E-state index contributed by atoms with van der Waals surface area (Å²) in [6, 6.07) is 6.40. The van der Waals surface area contributed by atoms with Crippen molar-refractivity contribution >= 4 is 23.0 Å². The summed E-state index contributed by atoms with van der Waals surface area (Å²) >= 11 is 5.11. The molecule has 0 aromatic heterocycles. The highest BCUT2D eigenvalue weighted by Crippen LogP contribution is 2.11. The first kappa shape index (κ1) is 13.3. The molecule has 0 aliphatic rings. The van der Waals surface area contributed by atoms with Crippen LogP contribution >= 0.6 is 12.2 Å². The minimum atomic E-state index is -0.0105. The Labute approximate surface area is 107 Å². The van der Waals surface area contributed by atoms with Crippen molar-refractivity contribution in [1.82, 2.24) is 5.32 Å². The van der Waals surface area contributed by atoms with E-state index in [0.29, 0.717) is 5.11 Å². The lowest BCUT2D eigenvalue weighted by Gasteiger charge is -2.11. The van der Waals surface area contributed by atoms with Crippen LogP contribution in [0.5, 0.6) is 5.75 Å². The molecule has 4 heteroatoms. The second-order valence-electron chi connectivity index (χ2n) is 3.57. The van der Waals surface area contributed by atoms with Crippen molar-refractivity contribution in [2.45, 2.75) is 19.3 Å². The van der Waals surface area contributed by atoms with Gasteiger partial charge < -0.3 is 15.7 Å². The van der Waals surface area contributed by atoms with Gasteiger partial charge in [-0.2, -0.15) is 0 Å². The predicted octanol–water partition coefficient (Wildman–Crippen LogP) is 1.85. The zero-order valence-electron chi connectivity index (χ0n) is 9.53. The van der Waals surface area contributed by atoms with Gasteiger partial charge in [0.15, 0.2) is 5.11 Å². The number of unbranched alkanes of at least 4 members (excludes halogenated alkanes) is 2. The monoisotopic (exact) mass is 247 g/mol. The minimum Gasteiger partial charge on any atom is -0.872 e. The molecule has 0 fully saturated rings. The molecular weight excluding hydrogens is 232 g/mol. The SMILES string of the molecule is C#CCCCCNC(=S)Nc1ccc([O-])cc1. The lowest BCUT2D eigenvalue weighted by atomic mass is 10.2. The fourth-order valence-corrected chi connectivity index (χ4v) is 1.49. The average Bonchev–Trinajstić information content (AvgIpc) is 2.32. The van der Waals surface area contributed by atoms with Gasteiger partial charge in [0, 0.05) is 18.7 Å². The Kier molecular flexibility index (Phi) is 5.91. The molecule has 0 amide bonds. The number of nitrogens with one attached hydrogen (secondary N) is 2. The van der Waals surface area contributed by atoms with E-state index < -0.39 is 0 Å². The first-order valence-corrected chi connectivity index (χ1v) is 5.88. The molecule has 0 aliphatic heterocycles. The van der Waals surface area contributed by atoms with E-state index >= 15 is 0 Å². The van der Waals surface area contributed by atoms with Crippen LogP contribution < -0.4 is 15.7 Å². The van der Waals surface area contributed by atoms with Gasteiger partial charge in [-0.25, -0.2) is 0 Å². The summed E-state index contributed by atoms with van der Waals surface area (Å²) in [6.45, 7) is 0.799. The predicted molar refractivity (Wildman–Crippen MR) is 72.8 cm³/mol. The lowest BCUT2D eigenvalue weighted by Crippen LogP contribution is -2.29. The van der Waals surface area contributed by atoms with Crippen molar-refractivity contribution < 1.29 is 5.11 Å². The molecule has 1 aromatic rings. The van der Waals surface area contributed by atoms with Gasteiger partial charge in [-0.1, -0.05) is 12.1 Å². The quantitative estimate of drug-likeness (QED) is 0.473. The fourth-order valence-electron chi connectivity index (χ4n) is 1.27. The van der Waals surface area contributed by atoms with E-state index in [4.69, 9.17) is 18.6 Å². The van der Waals surface area contributed by atoms with Crippen LogP contribution in [-0.2, 0) is 0 Å². The summed E-state index contributed by atoms with van der Waals surface area (Å²) in [5.41, 5.74) is 0.811. The number of rotatable bonds is 5. The molecule has 0 unspecified atom stereocenters. The van der Waals surface area contributed by atoms with Crippen LogP contribution in [0.25, 0.3) is 0 Å². The van der Waals surface area contributed by atoms with Crippen LogP contribution in [0.2, 0.25) is 0 Å². The van der Waals surface area contributed by atoms with Gasteiger partial charge in [0.1, 0.15) is 0 Å². The first-order chi connectivity index (χ1) is 8.22. The third-order valence-corrected chi connectivity index (χ3v) is 2.39. The van der Waals surface area contributed by atoms with E-state index in [1.54, 1.807) is 12.1 Å². The molecule has 0 radical (unpaired) electrons. The van der Waals surface area contributed by atoms with E-state index in [-0.39, 0.29) is 5.75 Å². The van der Waals surface area contributed by atoms with E-state index in [1.807, 2.05) is 0 Å².